The third kappa shape index (κ3) is 6.56. The standard InChI is InChI=1S/C28H40N2O4S/c1-28(2,3)34-27(31)29-18-14-22(15-19-29)8-6-9-23-16-20-30(21-17-23)35(32,33)26-13-7-11-24-10-4-5-12-25(24)26/h4-5,7,10-13,22-23H,6,8-9,14-21H2,1-3H3. The molecule has 0 spiro atoms. The molecule has 2 fully saturated rings. The molecule has 0 aromatic heterocycles. The normalized spacial score (nSPS) is 19.2. The van der Waals surface area contributed by atoms with Crippen molar-refractivity contribution in [1.29, 1.82) is 0 Å². The van der Waals surface area contributed by atoms with Crippen molar-refractivity contribution in [3.8, 4) is 0 Å². The van der Waals surface area contributed by atoms with Crippen LogP contribution >= 0.6 is 0 Å². The topological polar surface area (TPSA) is 66.9 Å². The van der Waals surface area contributed by atoms with Gasteiger partial charge >= 0.3 is 6.09 Å². The minimum atomic E-state index is -3.48. The molecule has 2 aromatic rings. The van der Waals surface area contributed by atoms with E-state index in [9.17, 15) is 13.2 Å². The van der Waals surface area contributed by atoms with E-state index in [1.807, 2.05) is 62.1 Å². The van der Waals surface area contributed by atoms with E-state index < -0.39 is 15.6 Å². The Hall–Kier alpha value is -2.12. The molecule has 6 nitrogen and oxygen atoms in total. The Morgan fingerprint density at radius 1 is 0.886 bits per heavy atom. The summed E-state index contributed by atoms with van der Waals surface area (Å²) < 4.78 is 33.9. The highest BCUT2D eigenvalue weighted by molar-refractivity contribution is 7.89. The molecule has 35 heavy (non-hydrogen) atoms. The lowest BCUT2D eigenvalue weighted by atomic mass is 9.87. The summed E-state index contributed by atoms with van der Waals surface area (Å²) in [5, 5.41) is 1.76. The van der Waals surface area contributed by atoms with Gasteiger partial charge in [-0.15, -0.1) is 0 Å². The average molecular weight is 501 g/mol. The Morgan fingerprint density at radius 3 is 2.09 bits per heavy atom. The first-order valence-corrected chi connectivity index (χ1v) is 14.5. The predicted molar refractivity (Wildman–Crippen MR) is 140 cm³/mol. The maximum Gasteiger partial charge on any atom is 0.410 e. The largest absolute Gasteiger partial charge is 0.444 e. The number of piperidine rings is 2. The summed E-state index contributed by atoms with van der Waals surface area (Å²) >= 11 is 0. The number of sulfonamides is 1. The van der Waals surface area contributed by atoms with Gasteiger partial charge < -0.3 is 9.64 Å². The molecule has 0 bridgehead atoms. The molecule has 4 rings (SSSR count). The molecule has 0 radical (unpaired) electrons. The lowest BCUT2D eigenvalue weighted by Gasteiger charge is -2.34. The van der Waals surface area contributed by atoms with Crippen molar-refractivity contribution in [2.75, 3.05) is 26.2 Å². The first-order valence-electron chi connectivity index (χ1n) is 13.1. The minimum absolute atomic E-state index is 0.193. The molecule has 1 amide bonds. The molecule has 192 valence electrons. The van der Waals surface area contributed by atoms with E-state index in [1.165, 1.54) is 12.8 Å². The Bertz CT molecular complexity index is 1100. The van der Waals surface area contributed by atoms with E-state index in [4.69, 9.17) is 4.74 Å². The van der Waals surface area contributed by atoms with E-state index >= 15 is 0 Å². The van der Waals surface area contributed by atoms with E-state index in [2.05, 4.69) is 0 Å². The first kappa shape index (κ1) is 26.0. The molecular weight excluding hydrogens is 460 g/mol. The van der Waals surface area contributed by atoms with E-state index in [1.54, 1.807) is 10.4 Å². The fourth-order valence-electron chi connectivity index (χ4n) is 5.42. The van der Waals surface area contributed by atoms with Gasteiger partial charge in [0.15, 0.2) is 0 Å². The van der Waals surface area contributed by atoms with Gasteiger partial charge in [0, 0.05) is 31.6 Å². The zero-order chi connectivity index (χ0) is 25.1. The van der Waals surface area contributed by atoms with Crippen molar-refractivity contribution in [3.63, 3.8) is 0 Å². The molecule has 2 saturated heterocycles. The molecule has 0 aliphatic carbocycles. The van der Waals surface area contributed by atoms with Gasteiger partial charge in [0.05, 0.1) is 4.90 Å². The molecule has 0 atom stereocenters. The van der Waals surface area contributed by atoms with Crippen LogP contribution in [0.4, 0.5) is 4.79 Å². The van der Waals surface area contributed by atoms with Crippen LogP contribution in [0.5, 0.6) is 0 Å². The van der Waals surface area contributed by atoms with E-state index in [-0.39, 0.29) is 6.09 Å². The zero-order valence-corrected chi connectivity index (χ0v) is 22.2. The van der Waals surface area contributed by atoms with Gasteiger partial charge in [-0.1, -0.05) is 55.7 Å². The monoisotopic (exact) mass is 500 g/mol. The Balaban J connectivity index is 1.20. The molecule has 2 aliphatic heterocycles. The number of likely N-dealkylation sites (tertiary alicyclic amines) is 1. The lowest BCUT2D eigenvalue weighted by Crippen LogP contribution is -2.41. The Kier molecular flexibility index (Phi) is 8.06. The fourth-order valence-corrected chi connectivity index (χ4v) is 7.11. The van der Waals surface area contributed by atoms with Crippen LogP contribution in [0.25, 0.3) is 10.8 Å². The third-order valence-corrected chi connectivity index (χ3v) is 9.39. The number of hydrogen-bond acceptors (Lipinski definition) is 4. The van der Waals surface area contributed by atoms with Crippen LogP contribution in [-0.2, 0) is 14.8 Å². The number of carbonyl (C=O) groups is 1. The summed E-state index contributed by atoms with van der Waals surface area (Å²) in [7, 11) is -3.48. The van der Waals surface area contributed by atoms with E-state index in [0.717, 1.165) is 56.0 Å². The highest BCUT2D eigenvalue weighted by atomic mass is 32.2. The molecule has 0 N–H and O–H groups in total. The van der Waals surface area contributed by atoms with Gasteiger partial charge in [-0.2, -0.15) is 4.31 Å². The second-order valence-electron chi connectivity index (χ2n) is 11.2. The van der Waals surface area contributed by atoms with Crippen LogP contribution in [0.3, 0.4) is 0 Å². The van der Waals surface area contributed by atoms with Crippen molar-refractivity contribution < 1.29 is 17.9 Å². The summed E-state index contributed by atoms with van der Waals surface area (Å²) in [6.07, 6.45) is 7.29. The number of carbonyl (C=O) groups excluding carboxylic acids is 1. The number of amides is 1. The first-order chi connectivity index (χ1) is 16.6. The second kappa shape index (κ2) is 10.9. The summed E-state index contributed by atoms with van der Waals surface area (Å²) in [5.74, 6) is 1.26. The summed E-state index contributed by atoms with van der Waals surface area (Å²) in [5.41, 5.74) is -0.447. The van der Waals surface area contributed by atoms with Crippen molar-refractivity contribution in [3.05, 3.63) is 42.5 Å². The molecule has 0 saturated carbocycles. The highest BCUT2D eigenvalue weighted by Crippen LogP contribution is 2.31. The number of fused-ring (bicyclic) bond motifs is 1. The summed E-state index contributed by atoms with van der Waals surface area (Å²) in [6, 6.07) is 13.2. The molecule has 7 heteroatoms. The van der Waals surface area contributed by atoms with Crippen LogP contribution in [0.1, 0.15) is 65.7 Å². The number of nitrogens with zero attached hydrogens (tertiary/aromatic N) is 2. The van der Waals surface area contributed by atoms with Gasteiger partial charge in [0.25, 0.3) is 0 Å². The van der Waals surface area contributed by atoms with Crippen LogP contribution in [-0.4, -0.2) is 55.5 Å². The summed E-state index contributed by atoms with van der Waals surface area (Å²) in [4.78, 5) is 14.5. The molecule has 0 unspecified atom stereocenters. The van der Waals surface area contributed by atoms with E-state index in [0.29, 0.717) is 29.8 Å². The Morgan fingerprint density at radius 2 is 1.46 bits per heavy atom. The van der Waals surface area contributed by atoms with Crippen LogP contribution in [0.2, 0.25) is 0 Å². The average Bonchev–Trinajstić information content (AvgIpc) is 2.83. The summed E-state index contributed by atoms with van der Waals surface area (Å²) in [6.45, 7) is 8.48. The van der Waals surface area contributed by atoms with Crippen LogP contribution < -0.4 is 0 Å². The van der Waals surface area contributed by atoms with Crippen molar-refractivity contribution >= 4 is 26.9 Å². The number of rotatable bonds is 6. The highest BCUT2D eigenvalue weighted by Gasteiger charge is 2.31. The number of benzene rings is 2. The SMILES string of the molecule is CC(C)(C)OC(=O)N1CCC(CCCC2CCN(S(=O)(=O)c3cccc4ccccc34)CC2)CC1. The van der Waals surface area contributed by atoms with Crippen LogP contribution in [0, 0.1) is 11.8 Å². The van der Waals surface area contributed by atoms with Crippen LogP contribution in [0.15, 0.2) is 47.4 Å². The van der Waals surface area contributed by atoms with Crippen molar-refractivity contribution in [2.24, 2.45) is 11.8 Å². The predicted octanol–water partition coefficient (Wildman–Crippen LogP) is 6.06. The molecule has 2 aliphatic rings. The molecule has 2 heterocycles. The van der Waals surface area contributed by atoms with Crippen molar-refractivity contribution in [1.82, 2.24) is 9.21 Å². The lowest BCUT2D eigenvalue weighted by molar-refractivity contribution is 0.0180. The maximum atomic E-state index is 13.4. The maximum absolute atomic E-state index is 13.4. The second-order valence-corrected chi connectivity index (χ2v) is 13.1. The van der Waals surface area contributed by atoms with Gasteiger partial charge in [-0.3, -0.25) is 0 Å². The van der Waals surface area contributed by atoms with Gasteiger partial charge in [-0.25, -0.2) is 13.2 Å². The molecular formula is C28H40N2O4S. The number of hydrogen-bond donors (Lipinski definition) is 0. The minimum Gasteiger partial charge on any atom is -0.444 e. The van der Waals surface area contributed by atoms with Gasteiger partial charge in [-0.05, 0) is 69.7 Å². The van der Waals surface area contributed by atoms with Gasteiger partial charge in [0.1, 0.15) is 5.60 Å². The smallest absolute Gasteiger partial charge is 0.410 e. The number of ether oxygens (including phenoxy) is 1. The molecule has 2 aromatic carbocycles. The van der Waals surface area contributed by atoms with Gasteiger partial charge in [0.2, 0.25) is 10.0 Å². The zero-order valence-electron chi connectivity index (χ0n) is 21.4. The Labute approximate surface area is 210 Å². The van der Waals surface area contributed by atoms with Crippen molar-refractivity contribution in [2.45, 2.75) is 76.2 Å². The fraction of sp³-hybridized carbons (Fsp3) is 0.607. The third-order valence-electron chi connectivity index (χ3n) is 7.43. The quantitative estimate of drug-likeness (QED) is 0.484.